The first-order chi connectivity index (χ1) is 5.86. The average molecular weight is 196 g/mol. The second-order valence-electron chi connectivity index (χ2n) is 3.33. The molecule has 1 aliphatic carbocycles. The smallest absolute Gasteiger partial charge is 0.0109 e. The lowest BCUT2D eigenvalue weighted by Gasteiger charge is -1.89. The van der Waals surface area contributed by atoms with Crippen molar-refractivity contribution >= 4 is 18.5 Å². The van der Waals surface area contributed by atoms with Gasteiger partial charge in [-0.15, -0.1) is 12.4 Å². The fraction of sp³-hybridized carbons (Fsp3) is 0.273. The Labute approximate surface area is 85.1 Å². The quantitative estimate of drug-likeness (QED) is 0.771. The number of hydrogen-bond acceptors (Lipinski definition) is 1. The maximum atomic E-state index is 5.68. The summed E-state index contributed by atoms with van der Waals surface area (Å²) in [6.07, 6.45) is 5.51. The minimum absolute atomic E-state index is 0. The molecule has 1 nitrogen and oxygen atoms in total. The zero-order chi connectivity index (χ0) is 8.39. The van der Waals surface area contributed by atoms with Crippen LogP contribution in [0.3, 0.4) is 0 Å². The van der Waals surface area contributed by atoms with Gasteiger partial charge in [0.2, 0.25) is 0 Å². The molecule has 0 aliphatic heterocycles. The van der Waals surface area contributed by atoms with Gasteiger partial charge in [0.1, 0.15) is 0 Å². The van der Waals surface area contributed by atoms with Gasteiger partial charge in [-0.1, -0.05) is 42.5 Å². The van der Waals surface area contributed by atoms with E-state index in [9.17, 15) is 0 Å². The molecule has 2 rings (SSSR count). The molecular weight excluding hydrogens is 182 g/mol. The zero-order valence-electron chi connectivity index (χ0n) is 7.39. The molecule has 1 aliphatic rings. The topological polar surface area (TPSA) is 26.0 Å². The third-order valence-corrected chi connectivity index (χ3v) is 2.23. The van der Waals surface area contributed by atoms with Gasteiger partial charge in [-0.05, 0) is 17.9 Å². The Morgan fingerprint density at radius 2 is 1.85 bits per heavy atom. The van der Waals surface area contributed by atoms with E-state index in [0.29, 0.717) is 12.0 Å². The van der Waals surface area contributed by atoms with Crippen molar-refractivity contribution in [3.63, 3.8) is 0 Å². The second-order valence-corrected chi connectivity index (χ2v) is 3.33. The molecule has 0 radical (unpaired) electrons. The van der Waals surface area contributed by atoms with Crippen LogP contribution in [0.15, 0.2) is 36.4 Å². The summed E-state index contributed by atoms with van der Waals surface area (Å²) in [7, 11) is 0. The highest BCUT2D eigenvalue weighted by molar-refractivity contribution is 5.85. The van der Waals surface area contributed by atoms with Crippen LogP contribution in [0, 0.1) is 5.92 Å². The highest BCUT2D eigenvalue weighted by Crippen LogP contribution is 2.29. The number of halogens is 1. The van der Waals surface area contributed by atoms with Crippen molar-refractivity contribution in [2.75, 3.05) is 0 Å². The summed E-state index contributed by atoms with van der Waals surface area (Å²) < 4.78 is 0. The maximum absolute atomic E-state index is 5.68. The fourth-order valence-corrected chi connectivity index (χ4v) is 1.26. The Morgan fingerprint density at radius 1 is 1.23 bits per heavy atom. The van der Waals surface area contributed by atoms with Gasteiger partial charge in [0.15, 0.2) is 0 Å². The Hall–Kier alpha value is -0.790. The first-order valence-electron chi connectivity index (χ1n) is 4.35. The molecule has 2 N–H and O–H groups in total. The van der Waals surface area contributed by atoms with Crippen molar-refractivity contribution in [2.24, 2.45) is 11.7 Å². The number of nitrogens with two attached hydrogens (primary N) is 1. The van der Waals surface area contributed by atoms with Crippen LogP contribution < -0.4 is 5.73 Å². The molecule has 1 fully saturated rings. The monoisotopic (exact) mass is 195 g/mol. The van der Waals surface area contributed by atoms with Crippen molar-refractivity contribution in [2.45, 2.75) is 12.5 Å². The molecule has 0 saturated heterocycles. The number of benzene rings is 1. The van der Waals surface area contributed by atoms with E-state index < -0.39 is 0 Å². The van der Waals surface area contributed by atoms with Crippen molar-refractivity contribution < 1.29 is 0 Å². The minimum Gasteiger partial charge on any atom is -0.327 e. The van der Waals surface area contributed by atoms with Crippen molar-refractivity contribution in [3.05, 3.63) is 42.0 Å². The van der Waals surface area contributed by atoms with Gasteiger partial charge >= 0.3 is 0 Å². The normalized spacial score (nSPS) is 25.6. The van der Waals surface area contributed by atoms with E-state index in [1.165, 1.54) is 5.56 Å². The second kappa shape index (κ2) is 4.45. The van der Waals surface area contributed by atoms with E-state index in [2.05, 4.69) is 24.3 Å². The SMILES string of the molecule is Cl.NC1CC1/C=C\c1ccccc1. The Balaban J connectivity index is 0.000000845. The van der Waals surface area contributed by atoms with Crippen molar-refractivity contribution in [3.8, 4) is 0 Å². The first kappa shape index (κ1) is 10.3. The van der Waals surface area contributed by atoms with Crippen LogP contribution in [-0.4, -0.2) is 6.04 Å². The summed E-state index contributed by atoms with van der Waals surface area (Å²) >= 11 is 0. The fourth-order valence-electron chi connectivity index (χ4n) is 1.26. The first-order valence-corrected chi connectivity index (χ1v) is 4.35. The summed E-state index contributed by atoms with van der Waals surface area (Å²) in [5, 5.41) is 0. The lowest BCUT2D eigenvalue weighted by molar-refractivity contribution is 0.980. The summed E-state index contributed by atoms with van der Waals surface area (Å²) in [6.45, 7) is 0. The highest BCUT2D eigenvalue weighted by Gasteiger charge is 2.30. The molecule has 1 saturated carbocycles. The van der Waals surface area contributed by atoms with Gasteiger partial charge < -0.3 is 5.73 Å². The molecular formula is C11H14ClN. The lowest BCUT2D eigenvalue weighted by atomic mass is 10.2. The summed E-state index contributed by atoms with van der Waals surface area (Å²) in [5.74, 6) is 0.630. The van der Waals surface area contributed by atoms with E-state index in [1.807, 2.05) is 18.2 Å². The number of rotatable bonds is 2. The summed E-state index contributed by atoms with van der Waals surface area (Å²) in [6, 6.07) is 10.7. The largest absolute Gasteiger partial charge is 0.327 e. The molecule has 70 valence electrons. The van der Waals surface area contributed by atoms with Gasteiger partial charge in [0.25, 0.3) is 0 Å². The Kier molecular flexibility index (Phi) is 3.52. The molecule has 0 bridgehead atoms. The lowest BCUT2D eigenvalue weighted by Crippen LogP contribution is -1.99. The summed E-state index contributed by atoms with van der Waals surface area (Å²) in [4.78, 5) is 0. The van der Waals surface area contributed by atoms with Gasteiger partial charge in [-0.3, -0.25) is 0 Å². The molecule has 2 unspecified atom stereocenters. The van der Waals surface area contributed by atoms with Crippen LogP contribution in [0.25, 0.3) is 6.08 Å². The molecule has 0 heterocycles. The summed E-state index contributed by atoms with van der Waals surface area (Å²) in [5.41, 5.74) is 6.94. The molecule has 1 aromatic carbocycles. The van der Waals surface area contributed by atoms with E-state index in [0.717, 1.165) is 6.42 Å². The van der Waals surface area contributed by atoms with Crippen LogP contribution in [0.1, 0.15) is 12.0 Å². The van der Waals surface area contributed by atoms with Gasteiger partial charge in [-0.2, -0.15) is 0 Å². The van der Waals surface area contributed by atoms with Gasteiger partial charge in [0.05, 0.1) is 0 Å². The predicted molar refractivity (Wildman–Crippen MR) is 58.8 cm³/mol. The standard InChI is InChI=1S/C11H13N.ClH/c12-11-8-10(11)7-6-9-4-2-1-3-5-9;/h1-7,10-11H,8,12H2;1H/b7-6-;. The van der Waals surface area contributed by atoms with Crippen LogP contribution in [-0.2, 0) is 0 Å². The zero-order valence-corrected chi connectivity index (χ0v) is 8.21. The van der Waals surface area contributed by atoms with E-state index >= 15 is 0 Å². The van der Waals surface area contributed by atoms with Gasteiger partial charge in [0, 0.05) is 6.04 Å². The van der Waals surface area contributed by atoms with Crippen LogP contribution in [0.2, 0.25) is 0 Å². The Bertz CT molecular complexity index is 281. The van der Waals surface area contributed by atoms with Crippen LogP contribution in [0.4, 0.5) is 0 Å². The Morgan fingerprint density at radius 3 is 2.38 bits per heavy atom. The third-order valence-electron chi connectivity index (χ3n) is 2.23. The van der Waals surface area contributed by atoms with Crippen molar-refractivity contribution in [1.29, 1.82) is 0 Å². The molecule has 2 heteroatoms. The maximum Gasteiger partial charge on any atom is 0.0109 e. The molecule has 13 heavy (non-hydrogen) atoms. The highest BCUT2D eigenvalue weighted by atomic mass is 35.5. The van der Waals surface area contributed by atoms with E-state index in [4.69, 9.17) is 5.73 Å². The van der Waals surface area contributed by atoms with E-state index in [1.54, 1.807) is 0 Å². The van der Waals surface area contributed by atoms with Crippen molar-refractivity contribution in [1.82, 2.24) is 0 Å². The third kappa shape index (κ3) is 2.87. The van der Waals surface area contributed by atoms with E-state index in [-0.39, 0.29) is 12.4 Å². The molecule has 0 spiro atoms. The molecule has 0 aromatic heterocycles. The molecule has 0 amide bonds. The average Bonchev–Trinajstić information content (AvgIpc) is 2.81. The van der Waals surface area contributed by atoms with Gasteiger partial charge in [-0.25, -0.2) is 0 Å². The molecule has 1 aromatic rings. The molecule has 2 atom stereocenters. The predicted octanol–water partition coefficient (Wildman–Crippen LogP) is 2.47. The van der Waals surface area contributed by atoms with Crippen LogP contribution in [0.5, 0.6) is 0 Å². The minimum atomic E-state index is 0. The number of hydrogen-bond donors (Lipinski definition) is 1. The van der Waals surface area contributed by atoms with Crippen LogP contribution >= 0.6 is 12.4 Å².